The first-order valence-corrected chi connectivity index (χ1v) is 9.00. The maximum Gasteiger partial charge on any atom is 0.339 e. The third-order valence-electron chi connectivity index (χ3n) is 4.07. The van der Waals surface area contributed by atoms with Crippen molar-refractivity contribution < 1.29 is 28.5 Å². The quantitative estimate of drug-likeness (QED) is 0.746. The molecule has 0 unspecified atom stereocenters. The molecule has 150 valence electrons. The van der Waals surface area contributed by atoms with Gasteiger partial charge in [0.1, 0.15) is 19.3 Å². The molecule has 8 nitrogen and oxygen atoms in total. The molecule has 0 saturated heterocycles. The third-order valence-corrected chi connectivity index (χ3v) is 4.39. The van der Waals surface area contributed by atoms with Crippen molar-refractivity contribution in [3.8, 4) is 23.3 Å². The Hall–Kier alpha value is -3.44. The number of ether oxygens (including phenoxy) is 4. The minimum atomic E-state index is -1.09. The molecule has 3 rings (SSSR count). The van der Waals surface area contributed by atoms with Gasteiger partial charge in [-0.3, -0.25) is 4.79 Å². The molecule has 1 aliphatic heterocycles. The lowest BCUT2D eigenvalue weighted by Crippen LogP contribution is -2.30. The van der Waals surface area contributed by atoms with Crippen molar-refractivity contribution in [3.05, 3.63) is 46.5 Å². The van der Waals surface area contributed by atoms with Crippen LogP contribution in [0.1, 0.15) is 22.8 Å². The third kappa shape index (κ3) is 4.52. The van der Waals surface area contributed by atoms with Gasteiger partial charge < -0.3 is 24.3 Å². The van der Waals surface area contributed by atoms with Crippen molar-refractivity contribution in [1.29, 1.82) is 5.26 Å². The van der Waals surface area contributed by atoms with E-state index in [2.05, 4.69) is 5.32 Å². The summed E-state index contributed by atoms with van der Waals surface area (Å²) in [6.45, 7) is 2.16. The van der Waals surface area contributed by atoms with Gasteiger partial charge >= 0.3 is 5.97 Å². The van der Waals surface area contributed by atoms with Crippen LogP contribution in [-0.2, 0) is 9.53 Å². The van der Waals surface area contributed by atoms with Crippen LogP contribution in [0.3, 0.4) is 0 Å². The second-order valence-electron chi connectivity index (χ2n) is 6.05. The number of carbonyl (C=O) groups excluding carboxylic acids is 2. The van der Waals surface area contributed by atoms with Crippen LogP contribution >= 0.6 is 11.6 Å². The fourth-order valence-corrected chi connectivity index (χ4v) is 2.82. The van der Waals surface area contributed by atoms with Gasteiger partial charge in [0.05, 0.1) is 23.3 Å². The van der Waals surface area contributed by atoms with Crippen LogP contribution in [0.25, 0.3) is 0 Å². The van der Waals surface area contributed by atoms with Crippen molar-refractivity contribution in [2.45, 2.75) is 13.0 Å². The minimum Gasteiger partial charge on any atom is -0.493 e. The van der Waals surface area contributed by atoms with E-state index in [1.54, 1.807) is 0 Å². The van der Waals surface area contributed by atoms with Gasteiger partial charge in [-0.1, -0.05) is 11.6 Å². The van der Waals surface area contributed by atoms with Gasteiger partial charge in [-0.2, -0.15) is 5.26 Å². The fourth-order valence-electron chi connectivity index (χ4n) is 2.60. The molecule has 0 fully saturated rings. The van der Waals surface area contributed by atoms with Gasteiger partial charge in [-0.15, -0.1) is 0 Å². The summed E-state index contributed by atoms with van der Waals surface area (Å²) in [6, 6.07) is 9.32. The first-order chi connectivity index (χ1) is 13.9. The summed E-state index contributed by atoms with van der Waals surface area (Å²) in [4.78, 5) is 24.8. The Morgan fingerprint density at radius 3 is 2.69 bits per heavy atom. The van der Waals surface area contributed by atoms with Crippen molar-refractivity contribution in [1.82, 2.24) is 0 Å². The highest BCUT2D eigenvalue weighted by atomic mass is 35.5. The zero-order valence-electron chi connectivity index (χ0n) is 15.7. The molecular weight excluding hydrogens is 400 g/mol. The number of nitriles is 1. The second kappa shape index (κ2) is 8.71. The van der Waals surface area contributed by atoms with Crippen LogP contribution < -0.4 is 19.5 Å². The van der Waals surface area contributed by atoms with E-state index >= 15 is 0 Å². The van der Waals surface area contributed by atoms with Crippen LogP contribution in [0.2, 0.25) is 5.02 Å². The van der Waals surface area contributed by atoms with Gasteiger partial charge in [0.2, 0.25) is 5.75 Å². The number of nitrogens with one attached hydrogen (secondary N) is 1. The number of esters is 1. The molecule has 2 aromatic carbocycles. The number of benzene rings is 2. The Morgan fingerprint density at radius 2 is 2.00 bits per heavy atom. The molecule has 0 aliphatic carbocycles. The molecule has 0 bridgehead atoms. The molecule has 0 saturated carbocycles. The number of anilines is 1. The summed E-state index contributed by atoms with van der Waals surface area (Å²) in [5, 5.41) is 11.7. The Balaban J connectivity index is 1.69. The summed E-state index contributed by atoms with van der Waals surface area (Å²) in [6.07, 6.45) is -1.09. The van der Waals surface area contributed by atoms with E-state index in [-0.39, 0.29) is 16.1 Å². The summed E-state index contributed by atoms with van der Waals surface area (Å²) in [5.74, 6) is -0.159. The topological polar surface area (TPSA) is 107 Å². The molecular formula is C20H17ClN2O6. The SMILES string of the molecule is COc1cc(C(=O)O[C@H](C)C(=O)Nc2ccc(C#N)c(Cl)c2)cc2c1OCCO2. The standard InChI is InChI=1S/C20H17ClN2O6/c1-11(19(24)23-14-4-3-12(10-22)15(21)9-14)29-20(25)13-7-16(26-2)18-17(8-13)27-5-6-28-18/h3-4,7-9,11H,5-6H2,1-2H3,(H,23,24)/t11-/m1/s1. The Morgan fingerprint density at radius 1 is 1.24 bits per heavy atom. The predicted octanol–water partition coefficient (Wildman–Crippen LogP) is 3.18. The van der Waals surface area contributed by atoms with Gasteiger partial charge in [0, 0.05) is 5.69 Å². The average Bonchev–Trinajstić information content (AvgIpc) is 2.72. The van der Waals surface area contributed by atoms with Gasteiger partial charge in [-0.25, -0.2) is 4.79 Å². The molecule has 0 aromatic heterocycles. The van der Waals surface area contributed by atoms with Gasteiger partial charge in [-0.05, 0) is 37.3 Å². The van der Waals surface area contributed by atoms with E-state index in [0.717, 1.165) is 0 Å². The van der Waals surface area contributed by atoms with Crippen LogP contribution in [0, 0.1) is 11.3 Å². The zero-order chi connectivity index (χ0) is 21.0. The van der Waals surface area contributed by atoms with E-state index in [0.29, 0.717) is 36.1 Å². The predicted molar refractivity (Wildman–Crippen MR) is 104 cm³/mol. The van der Waals surface area contributed by atoms with Crippen LogP contribution in [0.5, 0.6) is 17.2 Å². The van der Waals surface area contributed by atoms with Crippen molar-refractivity contribution in [2.75, 3.05) is 25.6 Å². The van der Waals surface area contributed by atoms with E-state index in [9.17, 15) is 9.59 Å². The molecule has 9 heteroatoms. The number of halogens is 1. The minimum absolute atomic E-state index is 0.159. The Labute approximate surface area is 171 Å². The molecule has 1 amide bonds. The first kappa shape index (κ1) is 20.3. The summed E-state index contributed by atoms with van der Waals surface area (Å²) < 4.78 is 21.5. The maximum absolute atomic E-state index is 12.5. The van der Waals surface area contributed by atoms with E-state index in [1.807, 2.05) is 6.07 Å². The van der Waals surface area contributed by atoms with Crippen LogP contribution in [-0.4, -0.2) is 38.3 Å². The summed E-state index contributed by atoms with van der Waals surface area (Å²) in [7, 11) is 1.45. The van der Waals surface area contributed by atoms with Crippen molar-refractivity contribution in [2.24, 2.45) is 0 Å². The molecule has 2 aromatic rings. The molecule has 0 radical (unpaired) electrons. The highest BCUT2D eigenvalue weighted by Crippen LogP contribution is 2.40. The number of methoxy groups -OCH3 is 1. The Kier molecular flexibility index (Phi) is 6.10. The highest BCUT2D eigenvalue weighted by Gasteiger charge is 2.24. The fraction of sp³-hybridized carbons (Fsp3) is 0.250. The zero-order valence-corrected chi connectivity index (χ0v) is 16.4. The van der Waals surface area contributed by atoms with Crippen molar-refractivity contribution in [3.63, 3.8) is 0 Å². The molecule has 1 heterocycles. The first-order valence-electron chi connectivity index (χ1n) is 8.62. The molecule has 29 heavy (non-hydrogen) atoms. The highest BCUT2D eigenvalue weighted by molar-refractivity contribution is 6.32. The second-order valence-corrected chi connectivity index (χ2v) is 6.45. The monoisotopic (exact) mass is 416 g/mol. The Bertz CT molecular complexity index is 984. The van der Waals surface area contributed by atoms with E-state index in [1.165, 1.54) is 44.4 Å². The molecule has 0 spiro atoms. The molecule has 1 N–H and O–H groups in total. The van der Waals surface area contributed by atoms with E-state index < -0.39 is 18.0 Å². The van der Waals surface area contributed by atoms with E-state index in [4.69, 9.17) is 35.8 Å². The number of hydrogen-bond acceptors (Lipinski definition) is 7. The number of fused-ring (bicyclic) bond motifs is 1. The number of amides is 1. The lowest BCUT2D eigenvalue weighted by molar-refractivity contribution is -0.123. The normalized spacial score (nSPS) is 13.0. The molecule has 1 atom stereocenters. The smallest absolute Gasteiger partial charge is 0.339 e. The number of rotatable bonds is 5. The van der Waals surface area contributed by atoms with Crippen LogP contribution in [0.15, 0.2) is 30.3 Å². The number of nitrogens with zero attached hydrogens (tertiary/aromatic N) is 1. The lowest BCUT2D eigenvalue weighted by Gasteiger charge is -2.21. The number of carbonyl (C=O) groups is 2. The molecule has 1 aliphatic rings. The van der Waals surface area contributed by atoms with Gasteiger partial charge in [0.15, 0.2) is 17.6 Å². The summed E-state index contributed by atoms with van der Waals surface area (Å²) >= 11 is 5.95. The maximum atomic E-state index is 12.5. The van der Waals surface area contributed by atoms with Crippen molar-refractivity contribution >= 4 is 29.2 Å². The van der Waals surface area contributed by atoms with Crippen LogP contribution in [0.4, 0.5) is 5.69 Å². The lowest BCUT2D eigenvalue weighted by atomic mass is 10.1. The van der Waals surface area contributed by atoms with Gasteiger partial charge in [0.25, 0.3) is 5.91 Å². The number of hydrogen-bond donors (Lipinski definition) is 1. The largest absolute Gasteiger partial charge is 0.493 e. The summed E-state index contributed by atoms with van der Waals surface area (Å²) in [5.41, 5.74) is 0.826. The average molecular weight is 417 g/mol.